The Labute approximate surface area is 140 Å². The third-order valence-corrected chi connectivity index (χ3v) is 4.53. The summed E-state index contributed by atoms with van der Waals surface area (Å²) < 4.78 is 7.04. The van der Waals surface area contributed by atoms with Crippen LogP contribution in [0.15, 0.2) is 24.7 Å². The van der Waals surface area contributed by atoms with E-state index >= 15 is 0 Å². The molecule has 1 N–H and O–H groups in total. The number of amides is 1. The van der Waals surface area contributed by atoms with Gasteiger partial charge in [-0.1, -0.05) is 0 Å². The van der Waals surface area contributed by atoms with Gasteiger partial charge in [-0.3, -0.25) is 9.48 Å². The fourth-order valence-corrected chi connectivity index (χ4v) is 3.24. The summed E-state index contributed by atoms with van der Waals surface area (Å²) >= 11 is 0. The molecule has 2 aromatic heterocycles. The topological polar surface area (TPSA) is 80.5 Å². The highest BCUT2D eigenvalue weighted by atomic mass is 16.5. The van der Waals surface area contributed by atoms with Crippen LogP contribution in [0.5, 0.6) is 5.75 Å². The van der Waals surface area contributed by atoms with E-state index in [1.807, 2.05) is 20.2 Å². The normalized spacial score (nSPS) is 20.4. The van der Waals surface area contributed by atoms with Crippen molar-refractivity contribution in [2.45, 2.75) is 12.8 Å². The first kappa shape index (κ1) is 16.4. The van der Waals surface area contributed by atoms with E-state index in [2.05, 4.69) is 10.1 Å². The maximum atomic E-state index is 12.9. The quantitative estimate of drug-likeness (QED) is 0.904. The van der Waals surface area contributed by atoms with Gasteiger partial charge in [-0.2, -0.15) is 5.10 Å². The third-order valence-electron chi connectivity index (χ3n) is 4.53. The highest BCUT2D eigenvalue weighted by Crippen LogP contribution is 2.33. The number of rotatable bonds is 4. The summed E-state index contributed by atoms with van der Waals surface area (Å²) in [5.41, 5.74) is 2.29. The van der Waals surface area contributed by atoms with Crippen LogP contribution in [0.1, 0.15) is 27.5 Å². The van der Waals surface area contributed by atoms with Crippen molar-refractivity contribution in [3.8, 4) is 5.75 Å². The van der Waals surface area contributed by atoms with Gasteiger partial charge in [-0.15, -0.1) is 0 Å². The summed E-state index contributed by atoms with van der Waals surface area (Å²) in [5, 5.41) is 13.9. The van der Waals surface area contributed by atoms with Gasteiger partial charge >= 0.3 is 0 Å². The van der Waals surface area contributed by atoms with Crippen LogP contribution in [-0.2, 0) is 7.05 Å². The number of ether oxygens (including phenoxy) is 1. The molecule has 0 aromatic carbocycles. The predicted octanol–water partition coefficient (Wildman–Crippen LogP) is 0.980. The van der Waals surface area contributed by atoms with Gasteiger partial charge in [0.05, 0.1) is 13.3 Å². The van der Waals surface area contributed by atoms with Gasteiger partial charge in [0.15, 0.2) is 5.69 Å². The molecule has 1 amide bonds. The molecule has 1 fully saturated rings. The lowest BCUT2D eigenvalue weighted by molar-refractivity contribution is 0.0772. The second-order valence-electron chi connectivity index (χ2n) is 6.27. The molecule has 7 heteroatoms. The van der Waals surface area contributed by atoms with Crippen LogP contribution in [-0.4, -0.2) is 57.5 Å². The van der Waals surface area contributed by atoms with Crippen molar-refractivity contribution in [3.05, 3.63) is 41.5 Å². The number of nitrogens with zero attached hydrogens (tertiary/aromatic N) is 4. The van der Waals surface area contributed by atoms with E-state index in [1.165, 1.54) is 7.11 Å². The summed E-state index contributed by atoms with van der Waals surface area (Å²) in [4.78, 5) is 18.8. The van der Waals surface area contributed by atoms with Crippen LogP contribution >= 0.6 is 0 Å². The zero-order chi connectivity index (χ0) is 17.3. The molecule has 0 spiro atoms. The van der Waals surface area contributed by atoms with Crippen molar-refractivity contribution < 1.29 is 14.6 Å². The molecule has 1 saturated heterocycles. The largest absolute Gasteiger partial charge is 0.494 e. The molecule has 1 aliphatic rings. The molecule has 2 atom stereocenters. The summed E-state index contributed by atoms with van der Waals surface area (Å²) in [5.74, 6) is 0.376. The Morgan fingerprint density at radius 1 is 1.42 bits per heavy atom. The predicted molar refractivity (Wildman–Crippen MR) is 88.0 cm³/mol. The standard InChI is InChI=1S/C17H22N4O3/c1-11-4-15(24-3)16(18-5-11)17(23)21-8-13(10-22)14(9-21)12-6-19-20(2)7-12/h4-7,13-14,22H,8-10H2,1-3H3/t13-,14-/m0/s1. The zero-order valence-electron chi connectivity index (χ0n) is 14.1. The van der Waals surface area contributed by atoms with E-state index in [0.29, 0.717) is 24.5 Å². The van der Waals surface area contributed by atoms with Gasteiger partial charge in [-0.25, -0.2) is 4.98 Å². The Balaban J connectivity index is 1.84. The molecule has 7 nitrogen and oxygen atoms in total. The Bertz CT molecular complexity index is 743. The number of carbonyl (C=O) groups excluding carboxylic acids is 1. The van der Waals surface area contributed by atoms with E-state index in [1.54, 1.807) is 28.0 Å². The van der Waals surface area contributed by atoms with Gasteiger partial charge in [0, 0.05) is 51.0 Å². The first-order valence-electron chi connectivity index (χ1n) is 7.92. The van der Waals surface area contributed by atoms with Crippen molar-refractivity contribution in [2.24, 2.45) is 13.0 Å². The van der Waals surface area contributed by atoms with Crippen molar-refractivity contribution in [3.63, 3.8) is 0 Å². The molecule has 0 saturated carbocycles. The molecule has 128 valence electrons. The maximum Gasteiger partial charge on any atom is 0.276 e. The molecule has 0 bridgehead atoms. The number of hydrogen-bond donors (Lipinski definition) is 1. The molecule has 0 unspecified atom stereocenters. The Hall–Kier alpha value is -2.41. The summed E-state index contributed by atoms with van der Waals surface area (Å²) in [6.07, 6.45) is 5.39. The van der Waals surface area contributed by atoms with Crippen molar-refractivity contribution in [1.29, 1.82) is 0 Å². The second-order valence-corrected chi connectivity index (χ2v) is 6.27. The molecular weight excluding hydrogens is 308 g/mol. The molecule has 3 heterocycles. The van der Waals surface area contributed by atoms with Gasteiger partial charge in [-0.05, 0) is 24.1 Å². The fraction of sp³-hybridized carbons (Fsp3) is 0.471. The number of likely N-dealkylation sites (tertiary alicyclic amines) is 1. The SMILES string of the molecule is COc1cc(C)cnc1C(=O)N1C[C@@H](CO)[C@H](c2cnn(C)c2)C1. The summed E-state index contributed by atoms with van der Waals surface area (Å²) in [7, 11) is 3.39. The van der Waals surface area contributed by atoms with E-state index in [0.717, 1.165) is 11.1 Å². The van der Waals surface area contributed by atoms with Crippen LogP contribution in [0.3, 0.4) is 0 Å². The second kappa shape index (κ2) is 6.60. The molecule has 0 radical (unpaired) electrons. The number of carbonyl (C=O) groups is 1. The van der Waals surface area contributed by atoms with Gasteiger partial charge in [0.25, 0.3) is 5.91 Å². The minimum Gasteiger partial charge on any atom is -0.494 e. The summed E-state index contributed by atoms with van der Waals surface area (Å²) in [6, 6.07) is 1.80. The summed E-state index contributed by atoms with van der Waals surface area (Å²) in [6.45, 7) is 2.96. The smallest absolute Gasteiger partial charge is 0.276 e. The maximum absolute atomic E-state index is 12.9. The van der Waals surface area contributed by atoms with Crippen LogP contribution in [0, 0.1) is 12.8 Å². The number of aliphatic hydroxyl groups excluding tert-OH is 1. The van der Waals surface area contributed by atoms with Crippen LogP contribution in [0.2, 0.25) is 0 Å². The number of methoxy groups -OCH3 is 1. The van der Waals surface area contributed by atoms with E-state index in [-0.39, 0.29) is 24.3 Å². The highest BCUT2D eigenvalue weighted by molar-refractivity contribution is 5.95. The minimum atomic E-state index is -0.170. The van der Waals surface area contributed by atoms with E-state index in [4.69, 9.17) is 4.74 Å². The van der Waals surface area contributed by atoms with Crippen LogP contribution in [0.4, 0.5) is 0 Å². The Morgan fingerprint density at radius 3 is 2.83 bits per heavy atom. The number of aromatic nitrogens is 3. The first-order chi connectivity index (χ1) is 11.5. The van der Waals surface area contributed by atoms with E-state index < -0.39 is 0 Å². The van der Waals surface area contributed by atoms with Gasteiger partial charge in [0.2, 0.25) is 0 Å². The van der Waals surface area contributed by atoms with Gasteiger partial charge < -0.3 is 14.7 Å². The number of hydrogen-bond acceptors (Lipinski definition) is 5. The highest BCUT2D eigenvalue weighted by Gasteiger charge is 2.37. The first-order valence-corrected chi connectivity index (χ1v) is 7.92. The molecule has 1 aliphatic heterocycles. The lowest BCUT2D eigenvalue weighted by Crippen LogP contribution is -2.30. The monoisotopic (exact) mass is 330 g/mol. The fourth-order valence-electron chi connectivity index (χ4n) is 3.24. The lowest BCUT2D eigenvalue weighted by atomic mass is 9.92. The Morgan fingerprint density at radius 2 is 2.21 bits per heavy atom. The average molecular weight is 330 g/mol. The van der Waals surface area contributed by atoms with E-state index in [9.17, 15) is 9.90 Å². The van der Waals surface area contributed by atoms with Crippen molar-refractivity contribution >= 4 is 5.91 Å². The third kappa shape index (κ3) is 2.99. The number of aliphatic hydroxyl groups is 1. The Kier molecular flexibility index (Phi) is 4.53. The molecule has 24 heavy (non-hydrogen) atoms. The zero-order valence-corrected chi connectivity index (χ0v) is 14.1. The lowest BCUT2D eigenvalue weighted by Gasteiger charge is -2.17. The average Bonchev–Trinajstić information content (AvgIpc) is 3.19. The number of pyridine rings is 1. The molecule has 2 aromatic rings. The van der Waals surface area contributed by atoms with Crippen molar-refractivity contribution in [1.82, 2.24) is 19.7 Å². The van der Waals surface area contributed by atoms with Crippen molar-refractivity contribution in [2.75, 3.05) is 26.8 Å². The van der Waals surface area contributed by atoms with Gasteiger partial charge in [0.1, 0.15) is 5.75 Å². The molecular formula is C17H22N4O3. The number of aryl methyl sites for hydroxylation is 2. The molecule has 3 rings (SSSR count). The van der Waals surface area contributed by atoms with Crippen LogP contribution in [0.25, 0.3) is 0 Å². The minimum absolute atomic E-state index is 0.00501. The van der Waals surface area contributed by atoms with Crippen LogP contribution < -0.4 is 4.74 Å². The molecule has 0 aliphatic carbocycles.